The summed E-state index contributed by atoms with van der Waals surface area (Å²) in [7, 11) is -4.40. The standard InChI is InChI=1S/C79H136NO8P/c1-3-5-7-9-11-13-15-17-19-21-23-25-27-29-31-32-33-34-35-36-37-38-39-40-41-42-43-44-46-48-50-52-54-56-58-60-62-64-66-68-70-72-79(82)88-77(76-87-89(83,84)86-74-73-80)75-85-78(81)71-69-67-65-63-61-59-57-55-53-51-49-47-45-30-28-26-24-22-20-18-16-14-12-10-8-6-4-2/h5,7,11,13,16-19,22-25,29,31,33-34,36-37,39-40,42-43,77H,3-4,6,8-10,12,14-15,20-21,26-28,30,32,35,38,41,44-76,80H2,1-2H3,(H,83,84)/b7-5-,13-11-,18-16-,19-17-,24-22-,25-23-,31-29-,34-33-,37-36-,40-39-,43-42-. The number of phosphoric acid groups is 1. The summed E-state index contributed by atoms with van der Waals surface area (Å²) in [6.45, 7) is 3.64. The minimum Gasteiger partial charge on any atom is -0.462 e. The first-order valence-electron chi connectivity index (χ1n) is 36.7. The fourth-order valence-electron chi connectivity index (χ4n) is 10.1. The molecule has 2 unspecified atom stereocenters. The topological polar surface area (TPSA) is 134 Å². The molecule has 0 fully saturated rings. The van der Waals surface area contributed by atoms with Crippen molar-refractivity contribution < 1.29 is 37.6 Å². The van der Waals surface area contributed by atoms with Crippen molar-refractivity contribution in [2.45, 2.75) is 328 Å². The molecule has 0 aliphatic rings. The first-order valence-corrected chi connectivity index (χ1v) is 38.2. The third-order valence-corrected chi connectivity index (χ3v) is 16.5. The van der Waals surface area contributed by atoms with Crippen molar-refractivity contribution in [1.82, 2.24) is 0 Å². The summed E-state index contributed by atoms with van der Waals surface area (Å²) in [6.07, 6.45) is 104. The Kier molecular flexibility index (Phi) is 70.0. The van der Waals surface area contributed by atoms with Crippen LogP contribution in [0.3, 0.4) is 0 Å². The van der Waals surface area contributed by atoms with Gasteiger partial charge in [0, 0.05) is 19.4 Å². The van der Waals surface area contributed by atoms with Gasteiger partial charge in [-0.1, -0.05) is 327 Å². The molecule has 0 saturated heterocycles. The van der Waals surface area contributed by atoms with Crippen molar-refractivity contribution >= 4 is 19.8 Å². The van der Waals surface area contributed by atoms with Gasteiger partial charge in [-0.05, 0) is 116 Å². The summed E-state index contributed by atoms with van der Waals surface area (Å²) in [5.74, 6) is -0.824. The summed E-state index contributed by atoms with van der Waals surface area (Å²) >= 11 is 0. The number of allylic oxidation sites excluding steroid dienone is 22. The second-order valence-electron chi connectivity index (χ2n) is 24.1. The van der Waals surface area contributed by atoms with Crippen molar-refractivity contribution in [2.24, 2.45) is 5.73 Å². The van der Waals surface area contributed by atoms with E-state index < -0.39 is 26.5 Å². The van der Waals surface area contributed by atoms with E-state index in [1.54, 1.807) is 0 Å². The van der Waals surface area contributed by atoms with Crippen LogP contribution in [0.1, 0.15) is 322 Å². The molecular formula is C79H136NO8P. The maximum absolute atomic E-state index is 12.8. The predicted octanol–water partition coefficient (Wildman–Crippen LogP) is 24.4. The quantitative estimate of drug-likeness (QED) is 0.0264. The van der Waals surface area contributed by atoms with Crippen LogP contribution >= 0.6 is 7.82 Å². The van der Waals surface area contributed by atoms with Crippen molar-refractivity contribution in [3.8, 4) is 0 Å². The largest absolute Gasteiger partial charge is 0.472 e. The highest BCUT2D eigenvalue weighted by molar-refractivity contribution is 7.47. The number of carbonyl (C=O) groups is 2. The summed E-state index contributed by atoms with van der Waals surface area (Å²) in [4.78, 5) is 35.4. The fourth-order valence-corrected chi connectivity index (χ4v) is 10.9. The Morgan fingerprint density at radius 2 is 0.618 bits per heavy atom. The number of unbranched alkanes of at least 4 members (excludes halogenated alkanes) is 33. The van der Waals surface area contributed by atoms with Crippen LogP contribution in [-0.2, 0) is 32.7 Å². The van der Waals surface area contributed by atoms with Gasteiger partial charge in [-0.25, -0.2) is 4.57 Å². The molecule has 0 saturated carbocycles. The van der Waals surface area contributed by atoms with Crippen LogP contribution < -0.4 is 5.73 Å². The van der Waals surface area contributed by atoms with Gasteiger partial charge in [0.05, 0.1) is 13.2 Å². The van der Waals surface area contributed by atoms with Gasteiger partial charge in [0.15, 0.2) is 6.10 Å². The molecule has 0 radical (unpaired) electrons. The number of phosphoric ester groups is 1. The first kappa shape index (κ1) is 85.2. The summed E-state index contributed by atoms with van der Waals surface area (Å²) in [5.41, 5.74) is 5.41. The van der Waals surface area contributed by atoms with E-state index in [1.807, 2.05) is 0 Å². The highest BCUT2D eigenvalue weighted by Gasteiger charge is 2.26. The number of rotatable bonds is 68. The molecule has 0 amide bonds. The molecule has 510 valence electrons. The van der Waals surface area contributed by atoms with Crippen LogP contribution in [0.4, 0.5) is 0 Å². The monoisotopic (exact) mass is 1260 g/mol. The minimum atomic E-state index is -4.40. The molecule has 3 N–H and O–H groups in total. The van der Waals surface area contributed by atoms with E-state index in [-0.39, 0.29) is 38.6 Å². The first-order chi connectivity index (χ1) is 43.8. The Morgan fingerprint density at radius 1 is 0.348 bits per heavy atom. The van der Waals surface area contributed by atoms with E-state index >= 15 is 0 Å². The van der Waals surface area contributed by atoms with Crippen molar-refractivity contribution in [1.29, 1.82) is 0 Å². The third-order valence-electron chi connectivity index (χ3n) is 15.5. The van der Waals surface area contributed by atoms with E-state index in [2.05, 4.69) is 148 Å². The van der Waals surface area contributed by atoms with E-state index in [0.29, 0.717) is 6.42 Å². The van der Waals surface area contributed by atoms with E-state index in [1.165, 1.54) is 186 Å². The van der Waals surface area contributed by atoms with Gasteiger partial charge in [-0.2, -0.15) is 0 Å². The normalized spacial score (nSPS) is 13.7. The van der Waals surface area contributed by atoms with Crippen LogP contribution in [-0.4, -0.2) is 49.3 Å². The summed E-state index contributed by atoms with van der Waals surface area (Å²) in [6, 6.07) is 0. The molecule has 89 heavy (non-hydrogen) atoms. The Balaban J connectivity index is 3.89. The summed E-state index contributed by atoms with van der Waals surface area (Å²) in [5, 5.41) is 0. The lowest BCUT2D eigenvalue weighted by Gasteiger charge is -2.19. The minimum absolute atomic E-state index is 0.0494. The van der Waals surface area contributed by atoms with E-state index in [0.717, 1.165) is 103 Å². The fraction of sp³-hybridized carbons (Fsp3) is 0.696. The number of esters is 2. The van der Waals surface area contributed by atoms with Crippen LogP contribution in [0.2, 0.25) is 0 Å². The highest BCUT2D eigenvalue weighted by atomic mass is 31.2. The van der Waals surface area contributed by atoms with Gasteiger partial charge in [0.2, 0.25) is 0 Å². The lowest BCUT2D eigenvalue weighted by atomic mass is 10.0. The lowest BCUT2D eigenvalue weighted by Crippen LogP contribution is -2.29. The number of hydrogen-bond donors (Lipinski definition) is 2. The van der Waals surface area contributed by atoms with Crippen LogP contribution in [0.25, 0.3) is 0 Å². The number of carbonyl (C=O) groups excluding carboxylic acids is 2. The smallest absolute Gasteiger partial charge is 0.462 e. The second-order valence-corrected chi connectivity index (χ2v) is 25.5. The SMILES string of the molecule is CC/C=C\C/C=C\C/C=C\C/C=C\C/C=C\C/C=C\C/C=C\C/C=C\C/C=C\CCCCCCCCCCCCCCCC(=O)OC(COC(=O)CCCCCCCCCCCCCCCCC/C=C\C/C=C\CCCCCCC)COP(=O)(O)OCCN. The highest BCUT2D eigenvalue weighted by Crippen LogP contribution is 2.43. The van der Waals surface area contributed by atoms with Crippen molar-refractivity contribution in [3.63, 3.8) is 0 Å². The molecule has 0 aromatic rings. The van der Waals surface area contributed by atoms with Gasteiger partial charge >= 0.3 is 19.8 Å². The average molecular weight is 1260 g/mol. The molecule has 0 rings (SSSR count). The van der Waals surface area contributed by atoms with Gasteiger partial charge in [-0.3, -0.25) is 18.6 Å². The molecule has 0 aromatic carbocycles. The van der Waals surface area contributed by atoms with Gasteiger partial charge in [-0.15, -0.1) is 0 Å². The summed E-state index contributed by atoms with van der Waals surface area (Å²) < 4.78 is 33.2. The zero-order chi connectivity index (χ0) is 64.4. The van der Waals surface area contributed by atoms with Crippen LogP contribution in [0.5, 0.6) is 0 Å². The lowest BCUT2D eigenvalue weighted by molar-refractivity contribution is -0.161. The Hall–Kier alpha value is -3.85. The van der Waals surface area contributed by atoms with Gasteiger partial charge in [0.1, 0.15) is 6.61 Å². The predicted molar refractivity (Wildman–Crippen MR) is 385 cm³/mol. The molecule has 0 spiro atoms. The van der Waals surface area contributed by atoms with Crippen molar-refractivity contribution in [3.05, 3.63) is 134 Å². The Morgan fingerprint density at radius 3 is 0.921 bits per heavy atom. The molecule has 0 aliphatic carbocycles. The van der Waals surface area contributed by atoms with Gasteiger partial charge < -0.3 is 20.1 Å². The molecule has 0 heterocycles. The third kappa shape index (κ3) is 73.1. The Labute approximate surface area is 548 Å². The average Bonchev–Trinajstić information content (AvgIpc) is 3.58. The molecule has 9 nitrogen and oxygen atoms in total. The molecule has 2 atom stereocenters. The molecule has 0 aliphatic heterocycles. The number of hydrogen-bond acceptors (Lipinski definition) is 8. The van der Waals surface area contributed by atoms with E-state index in [9.17, 15) is 19.0 Å². The molecule has 10 heteroatoms. The second kappa shape index (κ2) is 73.2. The molecule has 0 aromatic heterocycles. The zero-order valence-electron chi connectivity index (χ0n) is 57.4. The molecular weight excluding hydrogens is 1120 g/mol. The number of ether oxygens (including phenoxy) is 2. The van der Waals surface area contributed by atoms with E-state index in [4.69, 9.17) is 24.3 Å². The van der Waals surface area contributed by atoms with Crippen molar-refractivity contribution in [2.75, 3.05) is 26.4 Å². The Bertz CT molecular complexity index is 1920. The molecule has 0 bridgehead atoms. The maximum atomic E-state index is 12.8. The van der Waals surface area contributed by atoms with Gasteiger partial charge in [0.25, 0.3) is 0 Å². The van der Waals surface area contributed by atoms with Crippen LogP contribution in [0.15, 0.2) is 134 Å². The van der Waals surface area contributed by atoms with Crippen LogP contribution in [0, 0.1) is 0 Å². The number of nitrogens with two attached hydrogens (primary N) is 1. The zero-order valence-corrected chi connectivity index (χ0v) is 58.3. The maximum Gasteiger partial charge on any atom is 0.472 e.